The van der Waals surface area contributed by atoms with Crippen molar-refractivity contribution in [2.24, 2.45) is 0 Å². The van der Waals surface area contributed by atoms with Gasteiger partial charge in [-0.1, -0.05) is 24.3 Å². The number of ether oxygens (including phenoxy) is 1. The Bertz CT molecular complexity index is 689. The molecule has 1 heterocycles. The van der Waals surface area contributed by atoms with Crippen molar-refractivity contribution in [3.05, 3.63) is 64.2 Å². The van der Waals surface area contributed by atoms with Crippen molar-refractivity contribution in [1.82, 2.24) is 10.2 Å². The molecule has 0 saturated carbocycles. The number of hydrogen-bond acceptors (Lipinski definition) is 3. The van der Waals surface area contributed by atoms with E-state index in [0.29, 0.717) is 0 Å². The van der Waals surface area contributed by atoms with E-state index < -0.39 is 0 Å². The molecule has 1 aliphatic heterocycles. The van der Waals surface area contributed by atoms with E-state index >= 15 is 0 Å². The molecule has 3 heteroatoms. The lowest BCUT2D eigenvalue weighted by molar-refractivity contribution is 0.261. The van der Waals surface area contributed by atoms with Crippen LogP contribution in [0.2, 0.25) is 0 Å². The lowest BCUT2D eigenvalue weighted by Gasteiger charge is -2.30. The molecule has 128 valence electrons. The first kappa shape index (κ1) is 17.0. The lowest BCUT2D eigenvalue weighted by Crippen LogP contribution is -2.31. The average molecular weight is 324 g/mol. The smallest absolute Gasteiger partial charge is 0.119 e. The molecule has 0 radical (unpaired) electrons. The van der Waals surface area contributed by atoms with E-state index in [1.807, 2.05) is 0 Å². The Morgan fingerprint density at radius 1 is 1.12 bits per heavy atom. The Kier molecular flexibility index (Phi) is 5.22. The van der Waals surface area contributed by atoms with Gasteiger partial charge in [-0.05, 0) is 74.3 Å². The van der Waals surface area contributed by atoms with Crippen molar-refractivity contribution < 1.29 is 4.74 Å². The zero-order valence-electron chi connectivity index (χ0n) is 15.2. The van der Waals surface area contributed by atoms with E-state index in [-0.39, 0.29) is 6.04 Å². The van der Waals surface area contributed by atoms with Gasteiger partial charge in [-0.15, -0.1) is 0 Å². The van der Waals surface area contributed by atoms with Gasteiger partial charge < -0.3 is 15.0 Å². The summed E-state index contributed by atoms with van der Waals surface area (Å²) >= 11 is 0. The monoisotopic (exact) mass is 324 g/mol. The largest absolute Gasteiger partial charge is 0.492 e. The summed E-state index contributed by atoms with van der Waals surface area (Å²) in [5.74, 6) is 0.984. The normalized spacial score (nSPS) is 17.0. The zero-order chi connectivity index (χ0) is 17.1. The standard InChI is InChI=1S/C21H28N2O/c1-15-6-5-7-16(2)20(15)21-19-9-8-18(24-13-12-23(3)4)14-17(19)10-11-22-21/h5-9,14,21-22H,10-13H2,1-4H3. The minimum Gasteiger partial charge on any atom is -0.492 e. The summed E-state index contributed by atoms with van der Waals surface area (Å²) in [6.45, 7) is 7.08. The average Bonchev–Trinajstić information content (AvgIpc) is 2.54. The molecule has 0 spiro atoms. The number of hydrogen-bond donors (Lipinski definition) is 1. The van der Waals surface area contributed by atoms with Crippen LogP contribution in [-0.4, -0.2) is 38.7 Å². The minimum absolute atomic E-state index is 0.283. The van der Waals surface area contributed by atoms with E-state index in [9.17, 15) is 0 Å². The van der Waals surface area contributed by atoms with Crippen LogP contribution >= 0.6 is 0 Å². The molecule has 1 atom stereocenters. The topological polar surface area (TPSA) is 24.5 Å². The summed E-state index contributed by atoms with van der Waals surface area (Å²) in [6.07, 6.45) is 1.06. The molecule has 0 aromatic heterocycles. The number of nitrogens with one attached hydrogen (secondary N) is 1. The van der Waals surface area contributed by atoms with Crippen LogP contribution in [0.5, 0.6) is 5.75 Å². The van der Waals surface area contributed by atoms with Crippen LogP contribution in [-0.2, 0) is 6.42 Å². The van der Waals surface area contributed by atoms with Crippen LogP contribution in [0.4, 0.5) is 0 Å². The molecule has 1 aliphatic rings. The molecule has 0 fully saturated rings. The molecule has 0 bridgehead atoms. The van der Waals surface area contributed by atoms with E-state index in [2.05, 4.69) is 74.6 Å². The Labute approximate surface area is 145 Å². The van der Waals surface area contributed by atoms with Gasteiger partial charge in [-0.3, -0.25) is 0 Å². The van der Waals surface area contributed by atoms with E-state index in [1.54, 1.807) is 0 Å². The first-order valence-electron chi connectivity index (χ1n) is 8.76. The van der Waals surface area contributed by atoms with Gasteiger partial charge in [0.25, 0.3) is 0 Å². The molecule has 0 amide bonds. The summed E-state index contributed by atoms with van der Waals surface area (Å²) in [4.78, 5) is 2.14. The number of likely N-dealkylation sites (N-methyl/N-ethyl adjacent to an activating group) is 1. The van der Waals surface area contributed by atoms with Crippen molar-refractivity contribution in [3.63, 3.8) is 0 Å². The Morgan fingerprint density at radius 3 is 2.58 bits per heavy atom. The van der Waals surface area contributed by atoms with Crippen molar-refractivity contribution >= 4 is 0 Å². The molecule has 3 rings (SSSR count). The number of aryl methyl sites for hydroxylation is 2. The van der Waals surface area contributed by atoms with Gasteiger partial charge in [-0.2, -0.15) is 0 Å². The Morgan fingerprint density at radius 2 is 1.88 bits per heavy atom. The van der Waals surface area contributed by atoms with Gasteiger partial charge in [0, 0.05) is 13.1 Å². The first-order valence-corrected chi connectivity index (χ1v) is 8.76. The van der Waals surface area contributed by atoms with Crippen LogP contribution in [0, 0.1) is 13.8 Å². The fourth-order valence-electron chi connectivity index (χ4n) is 3.52. The van der Waals surface area contributed by atoms with Crippen LogP contribution in [0.25, 0.3) is 0 Å². The second kappa shape index (κ2) is 7.37. The molecule has 2 aromatic carbocycles. The van der Waals surface area contributed by atoms with Crippen molar-refractivity contribution in [2.75, 3.05) is 33.8 Å². The van der Waals surface area contributed by atoms with Crippen LogP contribution in [0.3, 0.4) is 0 Å². The third-order valence-corrected chi connectivity index (χ3v) is 4.81. The molecule has 24 heavy (non-hydrogen) atoms. The van der Waals surface area contributed by atoms with Crippen LogP contribution in [0.1, 0.15) is 33.9 Å². The summed E-state index contributed by atoms with van der Waals surface area (Å²) in [7, 11) is 4.13. The zero-order valence-corrected chi connectivity index (χ0v) is 15.2. The molecular formula is C21H28N2O. The molecular weight excluding hydrogens is 296 g/mol. The van der Waals surface area contributed by atoms with Gasteiger partial charge in [-0.25, -0.2) is 0 Å². The number of benzene rings is 2. The highest BCUT2D eigenvalue weighted by Gasteiger charge is 2.24. The maximum absolute atomic E-state index is 5.91. The third-order valence-electron chi connectivity index (χ3n) is 4.81. The third kappa shape index (κ3) is 3.63. The van der Waals surface area contributed by atoms with Crippen LogP contribution < -0.4 is 10.1 Å². The summed E-state index contributed by atoms with van der Waals surface area (Å²) in [5, 5.41) is 3.70. The molecule has 3 nitrogen and oxygen atoms in total. The van der Waals surface area contributed by atoms with E-state index in [4.69, 9.17) is 4.74 Å². The number of fused-ring (bicyclic) bond motifs is 1. The predicted molar refractivity (Wildman–Crippen MR) is 100.0 cm³/mol. The summed E-state index contributed by atoms with van der Waals surface area (Å²) < 4.78 is 5.91. The SMILES string of the molecule is Cc1cccc(C)c1C1NCCc2cc(OCCN(C)C)ccc21. The molecule has 0 aliphatic carbocycles. The van der Waals surface area contributed by atoms with Crippen molar-refractivity contribution in [3.8, 4) is 5.75 Å². The maximum Gasteiger partial charge on any atom is 0.119 e. The highest BCUT2D eigenvalue weighted by Crippen LogP contribution is 2.34. The van der Waals surface area contributed by atoms with Crippen molar-refractivity contribution in [1.29, 1.82) is 0 Å². The summed E-state index contributed by atoms with van der Waals surface area (Å²) in [6, 6.07) is 13.4. The van der Waals surface area contributed by atoms with Gasteiger partial charge in [0.15, 0.2) is 0 Å². The summed E-state index contributed by atoms with van der Waals surface area (Å²) in [5.41, 5.74) is 6.92. The second-order valence-corrected chi connectivity index (χ2v) is 6.95. The van der Waals surface area contributed by atoms with Crippen molar-refractivity contribution in [2.45, 2.75) is 26.3 Å². The van der Waals surface area contributed by atoms with Gasteiger partial charge in [0.05, 0.1) is 6.04 Å². The maximum atomic E-state index is 5.91. The first-order chi connectivity index (χ1) is 11.6. The number of rotatable bonds is 5. The fourth-order valence-corrected chi connectivity index (χ4v) is 3.52. The molecule has 2 aromatic rings. The van der Waals surface area contributed by atoms with Gasteiger partial charge in [0.2, 0.25) is 0 Å². The highest BCUT2D eigenvalue weighted by atomic mass is 16.5. The Balaban J connectivity index is 1.86. The molecule has 0 saturated heterocycles. The quantitative estimate of drug-likeness (QED) is 0.911. The molecule has 1 N–H and O–H groups in total. The molecule has 1 unspecified atom stereocenters. The van der Waals surface area contributed by atoms with E-state index in [0.717, 1.165) is 31.9 Å². The Hall–Kier alpha value is -1.84. The number of nitrogens with zero attached hydrogens (tertiary/aromatic N) is 1. The fraction of sp³-hybridized carbons (Fsp3) is 0.429. The van der Waals surface area contributed by atoms with Crippen LogP contribution in [0.15, 0.2) is 36.4 Å². The van der Waals surface area contributed by atoms with E-state index in [1.165, 1.54) is 27.8 Å². The van der Waals surface area contributed by atoms with Gasteiger partial charge >= 0.3 is 0 Å². The second-order valence-electron chi connectivity index (χ2n) is 6.95. The minimum atomic E-state index is 0.283. The van der Waals surface area contributed by atoms with Gasteiger partial charge in [0.1, 0.15) is 12.4 Å². The predicted octanol–water partition coefficient (Wildman–Crippen LogP) is 3.48. The highest BCUT2D eigenvalue weighted by molar-refractivity contribution is 5.47. The lowest BCUT2D eigenvalue weighted by atomic mass is 9.86.